The Kier molecular flexibility index (Phi) is 5.90. The van der Waals surface area contributed by atoms with Crippen molar-refractivity contribution in [2.45, 2.75) is 0 Å². The van der Waals surface area contributed by atoms with Gasteiger partial charge >= 0.3 is 5.97 Å². The third kappa shape index (κ3) is 4.97. The van der Waals surface area contributed by atoms with E-state index in [1.165, 1.54) is 22.7 Å². The number of benzene rings is 1. The third-order valence-electron chi connectivity index (χ3n) is 3.63. The van der Waals surface area contributed by atoms with E-state index >= 15 is 0 Å². The molecule has 1 N–H and O–H groups in total. The molecule has 2 aromatic heterocycles. The Bertz CT molecular complexity index is 979. The quantitative estimate of drug-likeness (QED) is 0.539. The fraction of sp³-hybridized carbons (Fsp3) is 0. The molecule has 0 spiro atoms. The molecule has 0 unspecified atom stereocenters. The molecule has 0 amide bonds. The summed E-state index contributed by atoms with van der Waals surface area (Å²) in [5.41, 5.74) is 1.68. The van der Waals surface area contributed by atoms with Crippen molar-refractivity contribution in [3.63, 3.8) is 0 Å². The molecule has 4 nitrogen and oxygen atoms in total. The van der Waals surface area contributed by atoms with Crippen LogP contribution in [0.15, 0.2) is 42.5 Å². The van der Waals surface area contributed by atoms with Gasteiger partial charge in [0.1, 0.15) is 0 Å². The lowest BCUT2D eigenvalue weighted by Gasteiger charge is -2.02. The van der Waals surface area contributed by atoms with Crippen LogP contribution in [-0.2, 0) is 0 Å². The van der Waals surface area contributed by atoms with E-state index < -0.39 is 5.97 Å². The Balaban J connectivity index is 1.88. The second-order valence-electron chi connectivity index (χ2n) is 5.58. The smallest absolute Gasteiger partial charge is 0.335 e. The normalized spacial score (nSPS) is 11.3. The van der Waals surface area contributed by atoms with Gasteiger partial charge in [-0.15, -0.1) is 22.7 Å². The zero-order chi connectivity index (χ0) is 19.2. The van der Waals surface area contributed by atoms with Crippen LogP contribution < -0.4 is 0 Å². The summed E-state index contributed by atoms with van der Waals surface area (Å²) in [6.07, 6.45) is 8.94. The molecular weight excluding hydrogens is 380 g/mol. The van der Waals surface area contributed by atoms with Crippen LogP contribution in [0.5, 0.6) is 0 Å². The lowest BCUT2D eigenvalue weighted by atomic mass is 10.0. The van der Waals surface area contributed by atoms with Crippen LogP contribution in [0.1, 0.15) is 50.6 Å². The van der Waals surface area contributed by atoms with Gasteiger partial charge in [0.25, 0.3) is 0 Å². The first kappa shape index (κ1) is 18.7. The maximum atomic E-state index is 11.4. The van der Waals surface area contributed by atoms with Crippen LogP contribution in [0.2, 0.25) is 0 Å². The highest BCUT2D eigenvalue weighted by molar-refractivity contribution is 7.14. The highest BCUT2D eigenvalue weighted by Crippen LogP contribution is 2.21. The first-order valence-electron chi connectivity index (χ1n) is 7.92. The third-order valence-corrected chi connectivity index (χ3v) is 5.58. The average molecular weight is 394 g/mol. The van der Waals surface area contributed by atoms with Gasteiger partial charge in [0.2, 0.25) is 0 Å². The lowest BCUT2D eigenvalue weighted by molar-refractivity contribution is 0.0696. The minimum atomic E-state index is -1.00. The molecule has 0 fully saturated rings. The molecule has 0 atom stereocenters. The molecule has 0 saturated carbocycles. The maximum Gasteiger partial charge on any atom is 0.335 e. The summed E-state index contributed by atoms with van der Waals surface area (Å²) in [4.78, 5) is 36.1. The molecule has 27 heavy (non-hydrogen) atoms. The van der Waals surface area contributed by atoms with Gasteiger partial charge in [-0.05, 0) is 65.7 Å². The van der Waals surface area contributed by atoms with Gasteiger partial charge in [-0.3, -0.25) is 9.59 Å². The van der Waals surface area contributed by atoms with Gasteiger partial charge in [-0.1, -0.05) is 12.2 Å². The van der Waals surface area contributed by atoms with Crippen molar-refractivity contribution in [1.82, 2.24) is 0 Å². The van der Waals surface area contributed by atoms with E-state index in [2.05, 4.69) is 0 Å². The fourth-order valence-corrected chi connectivity index (χ4v) is 3.85. The number of hydrogen-bond donors (Lipinski definition) is 1. The van der Waals surface area contributed by atoms with Gasteiger partial charge in [0.15, 0.2) is 12.6 Å². The molecule has 0 aliphatic carbocycles. The van der Waals surface area contributed by atoms with Gasteiger partial charge in [0.05, 0.1) is 15.3 Å². The van der Waals surface area contributed by atoms with Crippen molar-refractivity contribution in [3.05, 3.63) is 78.7 Å². The van der Waals surface area contributed by atoms with E-state index in [9.17, 15) is 19.5 Å². The van der Waals surface area contributed by atoms with Crippen molar-refractivity contribution in [2.75, 3.05) is 0 Å². The van der Waals surface area contributed by atoms with Gasteiger partial charge in [-0.25, -0.2) is 4.79 Å². The monoisotopic (exact) mass is 394 g/mol. The Morgan fingerprint density at radius 2 is 1.15 bits per heavy atom. The van der Waals surface area contributed by atoms with Crippen LogP contribution in [0.4, 0.5) is 0 Å². The maximum absolute atomic E-state index is 11.4. The molecule has 6 heteroatoms. The van der Waals surface area contributed by atoms with E-state index in [4.69, 9.17) is 0 Å². The fourth-order valence-electron chi connectivity index (χ4n) is 2.39. The van der Waals surface area contributed by atoms with Crippen molar-refractivity contribution in [3.8, 4) is 0 Å². The zero-order valence-electron chi connectivity index (χ0n) is 14.0. The van der Waals surface area contributed by atoms with Crippen molar-refractivity contribution in [1.29, 1.82) is 0 Å². The van der Waals surface area contributed by atoms with Crippen LogP contribution in [-0.4, -0.2) is 23.6 Å². The highest BCUT2D eigenvalue weighted by atomic mass is 32.1. The Hall–Kier alpha value is -3.09. The number of aromatic carboxylic acids is 1. The van der Waals surface area contributed by atoms with E-state index in [-0.39, 0.29) is 5.56 Å². The summed E-state index contributed by atoms with van der Waals surface area (Å²) >= 11 is 2.73. The summed E-state index contributed by atoms with van der Waals surface area (Å²) in [5.74, 6) is -1.00. The van der Waals surface area contributed by atoms with Crippen molar-refractivity contribution >= 4 is 65.5 Å². The van der Waals surface area contributed by atoms with Crippen molar-refractivity contribution in [2.24, 2.45) is 0 Å². The molecule has 1 aromatic carbocycles. The average Bonchev–Trinajstić information content (AvgIpc) is 3.33. The number of rotatable bonds is 7. The number of carbonyl (C=O) groups is 3. The number of thiophene rings is 2. The number of carboxylic acid groups (broad SMARTS) is 1. The summed E-state index contributed by atoms with van der Waals surface area (Å²) in [7, 11) is 0. The minimum Gasteiger partial charge on any atom is -0.478 e. The number of carbonyl (C=O) groups excluding carboxylic acids is 2. The van der Waals surface area contributed by atoms with Crippen LogP contribution >= 0.6 is 22.7 Å². The zero-order valence-corrected chi connectivity index (χ0v) is 15.6. The molecule has 134 valence electrons. The van der Waals surface area contributed by atoms with Crippen LogP contribution in [0.3, 0.4) is 0 Å². The minimum absolute atomic E-state index is 0.191. The summed E-state index contributed by atoms with van der Waals surface area (Å²) in [5, 5.41) is 9.35. The van der Waals surface area contributed by atoms with Crippen molar-refractivity contribution < 1.29 is 19.5 Å². The number of hydrogen-bond acceptors (Lipinski definition) is 5. The van der Waals surface area contributed by atoms with E-state index in [0.717, 1.165) is 33.5 Å². The van der Waals surface area contributed by atoms with Crippen LogP contribution in [0, 0.1) is 0 Å². The second kappa shape index (κ2) is 8.53. The summed E-state index contributed by atoms with van der Waals surface area (Å²) < 4.78 is 0. The van der Waals surface area contributed by atoms with E-state index in [1.807, 2.05) is 42.5 Å². The van der Waals surface area contributed by atoms with E-state index in [1.54, 1.807) is 24.3 Å². The molecule has 0 radical (unpaired) electrons. The molecular formula is C21H14O4S2. The predicted octanol–water partition coefficient (Wildman–Crippen LogP) is 5.47. The van der Waals surface area contributed by atoms with Gasteiger partial charge < -0.3 is 5.11 Å². The molecule has 0 aliphatic rings. The van der Waals surface area contributed by atoms with Crippen LogP contribution in [0.25, 0.3) is 24.3 Å². The molecule has 3 aromatic rings. The summed E-state index contributed by atoms with van der Waals surface area (Å²) in [6, 6.07) is 12.2. The van der Waals surface area contributed by atoms with E-state index in [0.29, 0.717) is 9.75 Å². The SMILES string of the molecule is O=Cc1ccc(/C=C/c2cc(/C=C/c3ccc(C=O)s3)cc(C(=O)O)c2)s1. The predicted molar refractivity (Wildman–Crippen MR) is 111 cm³/mol. The first-order valence-corrected chi connectivity index (χ1v) is 9.55. The highest BCUT2D eigenvalue weighted by Gasteiger charge is 2.05. The Labute approximate surface area is 163 Å². The standard InChI is InChI=1S/C21H14O4S2/c22-12-19-7-5-17(26-19)3-1-14-9-15(11-16(10-14)21(24)25)2-4-18-6-8-20(13-23)27-18/h1-13H,(H,24,25)/b3-1+,4-2+. The molecule has 2 heterocycles. The molecule has 0 bridgehead atoms. The number of aldehydes is 2. The Morgan fingerprint density at radius 3 is 1.52 bits per heavy atom. The molecule has 0 saturated heterocycles. The first-order chi connectivity index (χ1) is 13.1. The lowest BCUT2D eigenvalue weighted by Crippen LogP contribution is -1.97. The second-order valence-corrected chi connectivity index (χ2v) is 7.87. The van der Waals surface area contributed by atoms with Gasteiger partial charge in [-0.2, -0.15) is 0 Å². The largest absolute Gasteiger partial charge is 0.478 e. The van der Waals surface area contributed by atoms with Gasteiger partial charge in [0, 0.05) is 9.75 Å². The molecule has 0 aliphatic heterocycles. The molecule has 3 rings (SSSR count). The Morgan fingerprint density at radius 1 is 0.704 bits per heavy atom. The number of carboxylic acids is 1. The topological polar surface area (TPSA) is 71.4 Å². The summed E-state index contributed by atoms with van der Waals surface area (Å²) in [6.45, 7) is 0.